The summed E-state index contributed by atoms with van der Waals surface area (Å²) in [4.78, 5) is 15.0. The number of benzene rings is 2. The third kappa shape index (κ3) is 2.18. The number of nitrogens with zero attached hydrogens (tertiary/aromatic N) is 1. The lowest BCUT2D eigenvalue weighted by Crippen LogP contribution is -2.50. The first kappa shape index (κ1) is 15.4. The molecule has 2 saturated heterocycles. The molecule has 0 saturated carbocycles. The van der Waals surface area contributed by atoms with Gasteiger partial charge in [-0.2, -0.15) is 0 Å². The Kier molecular flexibility index (Phi) is 3.87. The van der Waals surface area contributed by atoms with Gasteiger partial charge in [0.15, 0.2) is 5.54 Å². The van der Waals surface area contributed by atoms with Crippen molar-refractivity contribution in [3.05, 3.63) is 71.8 Å². The van der Waals surface area contributed by atoms with E-state index in [-0.39, 0.29) is 18.3 Å². The third-order valence-electron chi connectivity index (χ3n) is 5.18. The van der Waals surface area contributed by atoms with E-state index in [2.05, 4.69) is 17.0 Å². The topological polar surface area (TPSA) is 38.8 Å². The lowest BCUT2D eigenvalue weighted by Gasteiger charge is -2.33. The molecule has 2 aromatic rings. The summed E-state index contributed by atoms with van der Waals surface area (Å²) in [7, 11) is 1.46. The van der Waals surface area contributed by atoms with Crippen LogP contribution in [0.4, 0.5) is 0 Å². The Balaban J connectivity index is 1.82. The Labute approximate surface area is 142 Å². The van der Waals surface area contributed by atoms with Crippen molar-refractivity contribution in [1.29, 1.82) is 0 Å². The van der Waals surface area contributed by atoms with E-state index in [1.807, 2.05) is 48.5 Å². The van der Waals surface area contributed by atoms with Gasteiger partial charge in [0, 0.05) is 6.54 Å². The van der Waals surface area contributed by atoms with Gasteiger partial charge in [0.1, 0.15) is 12.3 Å². The molecule has 2 heterocycles. The monoisotopic (exact) mass is 323 g/mol. The summed E-state index contributed by atoms with van der Waals surface area (Å²) in [5, 5.41) is 0. The van der Waals surface area contributed by atoms with Gasteiger partial charge in [-0.15, -0.1) is 0 Å². The Bertz CT molecular complexity index is 718. The predicted molar refractivity (Wildman–Crippen MR) is 90.1 cm³/mol. The van der Waals surface area contributed by atoms with Crippen molar-refractivity contribution in [3.8, 4) is 0 Å². The highest BCUT2D eigenvalue weighted by Gasteiger charge is 2.63. The number of carbonyl (C=O) groups is 1. The van der Waals surface area contributed by atoms with E-state index in [1.165, 1.54) is 7.11 Å². The summed E-state index contributed by atoms with van der Waals surface area (Å²) in [6.45, 7) is 0.831. The van der Waals surface area contributed by atoms with Crippen LogP contribution >= 0.6 is 0 Å². The number of ether oxygens (including phenoxy) is 2. The molecule has 3 atom stereocenters. The molecule has 0 N–H and O–H groups in total. The average molecular weight is 323 g/mol. The zero-order valence-corrected chi connectivity index (χ0v) is 13.7. The fourth-order valence-electron chi connectivity index (χ4n) is 4.15. The zero-order chi connectivity index (χ0) is 16.6. The Hall–Kier alpha value is -2.17. The minimum Gasteiger partial charge on any atom is -0.468 e. The van der Waals surface area contributed by atoms with Crippen molar-refractivity contribution < 1.29 is 14.3 Å². The fourth-order valence-corrected chi connectivity index (χ4v) is 4.15. The van der Waals surface area contributed by atoms with Gasteiger partial charge < -0.3 is 9.47 Å². The minimum absolute atomic E-state index is 0.202. The van der Waals surface area contributed by atoms with Crippen molar-refractivity contribution in [3.63, 3.8) is 0 Å². The molecule has 0 bridgehead atoms. The van der Waals surface area contributed by atoms with Crippen molar-refractivity contribution in [1.82, 2.24) is 4.90 Å². The first-order valence-corrected chi connectivity index (χ1v) is 8.38. The SMILES string of the molecule is COC(=O)[C@]12CCCN1[C@@H](c1ccccc1)O[C@@H]2c1ccccc1. The average Bonchev–Trinajstić information content (AvgIpc) is 3.21. The summed E-state index contributed by atoms with van der Waals surface area (Å²) in [6, 6.07) is 20.1. The molecule has 0 radical (unpaired) electrons. The molecule has 124 valence electrons. The van der Waals surface area contributed by atoms with Crippen molar-refractivity contribution in [2.45, 2.75) is 30.7 Å². The van der Waals surface area contributed by atoms with E-state index in [4.69, 9.17) is 9.47 Å². The quantitative estimate of drug-likeness (QED) is 0.811. The van der Waals surface area contributed by atoms with E-state index in [0.717, 1.165) is 30.5 Å². The zero-order valence-electron chi connectivity index (χ0n) is 13.7. The van der Waals surface area contributed by atoms with Crippen molar-refractivity contribution in [2.75, 3.05) is 13.7 Å². The standard InChI is InChI=1S/C20H21NO3/c1-23-19(22)20-13-8-14-21(20)18(16-11-6-3-7-12-16)24-17(20)15-9-4-2-5-10-15/h2-7,9-12,17-18H,8,13-14H2,1H3/t17-,18-,20-/m1/s1. The molecule has 0 aromatic heterocycles. The maximum absolute atomic E-state index is 12.8. The highest BCUT2D eigenvalue weighted by Crippen LogP contribution is 2.54. The highest BCUT2D eigenvalue weighted by molar-refractivity contribution is 5.83. The summed E-state index contributed by atoms with van der Waals surface area (Å²) >= 11 is 0. The molecule has 2 fully saturated rings. The maximum atomic E-state index is 12.8. The molecular formula is C20H21NO3. The van der Waals surface area contributed by atoms with Gasteiger partial charge in [-0.1, -0.05) is 60.7 Å². The molecule has 2 aliphatic heterocycles. The Morgan fingerprint density at radius 3 is 2.33 bits per heavy atom. The molecule has 4 nitrogen and oxygen atoms in total. The van der Waals surface area contributed by atoms with Crippen LogP contribution in [0.1, 0.15) is 36.3 Å². The molecule has 0 amide bonds. The molecule has 24 heavy (non-hydrogen) atoms. The second-order valence-electron chi connectivity index (χ2n) is 6.40. The maximum Gasteiger partial charge on any atom is 0.329 e. The molecule has 2 aromatic carbocycles. The van der Waals surface area contributed by atoms with Gasteiger partial charge in [0.2, 0.25) is 0 Å². The smallest absolute Gasteiger partial charge is 0.329 e. The van der Waals surface area contributed by atoms with E-state index in [1.54, 1.807) is 0 Å². The van der Waals surface area contributed by atoms with Crippen LogP contribution in [0, 0.1) is 0 Å². The molecule has 4 heteroatoms. The minimum atomic E-state index is -0.739. The predicted octanol–water partition coefficient (Wildman–Crippen LogP) is 3.46. The number of hydrogen-bond donors (Lipinski definition) is 0. The first-order valence-electron chi connectivity index (χ1n) is 8.38. The van der Waals surface area contributed by atoms with Crippen molar-refractivity contribution in [2.24, 2.45) is 0 Å². The lowest BCUT2D eigenvalue weighted by molar-refractivity contribution is -0.153. The lowest BCUT2D eigenvalue weighted by atomic mass is 9.86. The van der Waals surface area contributed by atoms with E-state index in [9.17, 15) is 4.79 Å². The molecule has 0 aliphatic carbocycles. The molecule has 2 aliphatic rings. The van der Waals surface area contributed by atoms with Crippen LogP contribution in [0.25, 0.3) is 0 Å². The van der Waals surface area contributed by atoms with Gasteiger partial charge in [-0.25, -0.2) is 4.79 Å². The van der Waals surface area contributed by atoms with Crippen molar-refractivity contribution >= 4 is 5.97 Å². The number of methoxy groups -OCH3 is 1. The number of carbonyl (C=O) groups excluding carboxylic acids is 1. The van der Waals surface area contributed by atoms with Gasteiger partial charge in [-0.3, -0.25) is 4.90 Å². The van der Waals surface area contributed by atoms with Gasteiger partial charge in [0.25, 0.3) is 0 Å². The normalized spacial score (nSPS) is 29.4. The second-order valence-corrected chi connectivity index (χ2v) is 6.40. The van der Waals surface area contributed by atoms with Gasteiger partial charge in [-0.05, 0) is 24.0 Å². The molecular weight excluding hydrogens is 302 g/mol. The fraction of sp³-hybridized carbons (Fsp3) is 0.350. The first-order chi connectivity index (χ1) is 11.8. The van der Waals surface area contributed by atoms with Gasteiger partial charge >= 0.3 is 5.97 Å². The number of fused-ring (bicyclic) bond motifs is 1. The van der Waals surface area contributed by atoms with Crippen LogP contribution < -0.4 is 0 Å². The highest BCUT2D eigenvalue weighted by atomic mass is 16.6. The van der Waals surface area contributed by atoms with E-state index < -0.39 is 5.54 Å². The van der Waals surface area contributed by atoms with Crippen LogP contribution in [-0.2, 0) is 14.3 Å². The van der Waals surface area contributed by atoms with Crippen LogP contribution in [0.2, 0.25) is 0 Å². The largest absolute Gasteiger partial charge is 0.468 e. The van der Waals surface area contributed by atoms with Gasteiger partial charge in [0.05, 0.1) is 7.11 Å². The summed E-state index contributed by atoms with van der Waals surface area (Å²) in [6.07, 6.45) is 1.17. The summed E-state index contributed by atoms with van der Waals surface area (Å²) < 4.78 is 11.7. The molecule has 0 spiro atoms. The van der Waals surface area contributed by atoms with E-state index in [0.29, 0.717) is 0 Å². The van der Waals surface area contributed by atoms with E-state index >= 15 is 0 Å². The molecule has 0 unspecified atom stereocenters. The number of rotatable bonds is 3. The number of hydrogen-bond acceptors (Lipinski definition) is 4. The van der Waals surface area contributed by atoms with Crippen LogP contribution in [0.5, 0.6) is 0 Å². The Morgan fingerprint density at radius 1 is 1.08 bits per heavy atom. The van der Waals surface area contributed by atoms with Crippen LogP contribution in [0.3, 0.4) is 0 Å². The molecule has 4 rings (SSSR count). The Morgan fingerprint density at radius 2 is 1.71 bits per heavy atom. The van der Waals surface area contributed by atoms with Crippen LogP contribution in [0.15, 0.2) is 60.7 Å². The summed E-state index contributed by atoms with van der Waals surface area (Å²) in [5.41, 5.74) is 1.36. The second kappa shape index (κ2) is 6.04. The van der Waals surface area contributed by atoms with Crippen LogP contribution in [-0.4, -0.2) is 30.1 Å². The number of esters is 1. The summed E-state index contributed by atoms with van der Waals surface area (Å²) in [5.74, 6) is -0.202. The third-order valence-corrected chi connectivity index (χ3v) is 5.18.